The highest BCUT2D eigenvalue weighted by Gasteiger charge is 2.03. The highest BCUT2D eigenvalue weighted by Crippen LogP contribution is 2.17. The number of hydrogen-bond donors (Lipinski definition) is 2. The van der Waals surface area contributed by atoms with E-state index in [9.17, 15) is 4.79 Å². The molecule has 0 fully saturated rings. The lowest BCUT2D eigenvalue weighted by Crippen LogP contribution is -2.11. The molecule has 0 spiro atoms. The Kier molecular flexibility index (Phi) is 8.42. The Hall–Kier alpha value is -1.59. The minimum absolute atomic E-state index is 0.0241. The van der Waals surface area contributed by atoms with Crippen LogP contribution >= 0.6 is 0 Å². The predicted molar refractivity (Wildman–Crippen MR) is 80.0 cm³/mol. The number of nitrogens with one attached hydrogen (secondary N) is 1. The van der Waals surface area contributed by atoms with Gasteiger partial charge in [-0.1, -0.05) is 12.5 Å². The number of methoxy groups -OCH3 is 1. The van der Waals surface area contributed by atoms with E-state index in [1.165, 1.54) is 0 Å². The van der Waals surface area contributed by atoms with E-state index in [-0.39, 0.29) is 5.91 Å². The molecule has 20 heavy (non-hydrogen) atoms. The van der Waals surface area contributed by atoms with Crippen LogP contribution in [0.2, 0.25) is 0 Å². The van der Waals surface area contributed by atoms with E-state index < -0.39 is 0 Å². The summed E-state index contributed by atoms with van der Waals surface area (Å²) in [7, 11) is 1.63. The maximum absolute atomic E-state index is 11.7. The van der Waals surface area contributed by atoms with E-state index >= 15 is 0 Å². The molecule has 112 valence electrons. The lowest BCUT2D eigenvalue weighted by Gasteiger charge is -2.09. The van der Waals surface area contributed by atoms with Crippen molar-refractivity contribution in [2.24, 2.45) is 5.73 Å². The van der Waals surface area contributed by atoms with Gasteiger partial charge in [-0.25, -0.2) is 0 Å². The average molecular weight is 280 g/mol. The molecular formula is C15H24N2O3. The highest BCUT2D eigenvalue weighted by molar-refractivity contribution is 5.90. The van der Waals surface area contributed by atoms with Crippen molar-refractivity contribution >= 4 is 11.6 Å². The first-order valence-electron chi connectivity index (χ1n) is 6.98. The molecule has 1 aromatic rings. The van der Waals surface area contributed by atoms with E-state index in [0.29, 0.717) is 26.2 Å². The molecule has 5 nitrogen and oxygen atoms in total. The standard InChI is InChI=1S/C15H24N2O3/c1-19-10-11-20-14-7-5-6-13(12-14)17-15(18)8-3-2-4-9-16/h5-7,12H,2-4,8-11,16H2,1H3,(H,17,18). The first-order chi connectivity index (χ1) is 9.76. The van der Waals surface area contributed by atoms with E-state index in [4.69, 9.17) is 15.2 Å². The van der Waals surface area contributed by atoms with Gasteiger partial charge in [0.05, 0.1) is 6.61 Å². The van der Waals surface area contributed by atoms with Crippen LogP contribution < -0.4 is 15.8 Å². The first kappa shape index (κ1) is 16.5. The summed E-state index contributed by atoms with van der Waals surface area (Å²) < 4.78 is 10.4. The van der Waals surface area contributed by atoms with Gasteiger partial charge in [-0.05, 0) is 31.5 Å². The number of rotatable bonds is 10. The molecule has 1 rings (SSSR count). The molecule has 5 heteroatoms. The second kappa shape index (κ2) is 10.2. The summed E-state index contributed by atoms with van der Waals surface area (Å²) in [4.78, 5) is 11.7. The molecule has 0 aliphatic rings. The molecule has 0 unspecified atom stereocenters. The number of unbranched alkanes of at least 4 members (excludes halogenated alkanes) is 2. The first-order valence-corrected chi connectivity index (χ1v) is 6.98. The molecule has 0 heterocycles. The number of anilines is 1. The van der Waals surface area contributed by atoms with Gasteiger partial charge in [0.2, 0.25) is 5.91 Å². The van der Waals surface area contributed by atoms with Gasteiger partial charge >= 0.3 is 0 Å². The molecule has 0 saturated heterocycles. The highest BCUT2D eigenvalue weighted by atomic mass is 16.5. The van der Waals surface area contributed by atoms with Crippen LogP contribution in [-0.4, -0.2) is 32.8 Å². The third kappa shape index (κ3) is 7.11. The van der Waals surface area contributed by atoms with Crippen molar-refractivity contribution < 1.29 is 14.3 Å². The largest absolute Gasteiger partial charge is 0.491 e. The van der Waals surface area contributed by atoms with Gasteiger partial charge in [0.15, 0.2) is 0 Å². The van der Waals surface area contributed by atoms with Crippen molar-refractivity contribution in [3.8, 4) is 5.75 Å². The van der Waals surface area contributed by atoms with Crippen LogP contribution in [0.5, 0.6) is 5.75 Å². The van der Waals surface area contributed by atoms with Crippen LogP contribution in [0.4, 0.5) is 5.69 Å². The fourth-order valence-corrected chi connectivity index (χ4v) is 1.74. The van der Waals surface area contributed by atoms with Crippen LogP contribution in [0, 0.1) is 0 Å². The zero-order valence-electron chi connectivity index (χ0n) is 12.1. The third-order valence-electron chi connectivity index (χ3n) is 2.78. The minimum atomic E-state index is 0.0241. The van der Waals surface area contributed by atoms with Crippen LogP contribution in [0.25, 0.3) is 0 Å². The Balaban J connectivity index is 2.35. The van der Waals surface area contributed by atoms with E-state index in [0.717, 1.165) is 30.7 Å². The van der Waals surface area contributed by atoms with Gasteiger partial charge in [-0.2, -0.15) is 0 Å². The molecule has 0 atom stereocenters. The summed E-state index contributed by atoms with van der Waals surface area (Å²) in [5.41, 5.74) is 6.17. The number of nitrogens with two attached hydrogens (primary N) is 1. The molecule has 0 aliphatic carbocycles. The van der Waals surface area contributed by atoms with E-state index in [1.54, 1.807) is 7.11 Å². The molecule has 0 bridgehead atoms. The Morgan fingerprint density at radius 1 is 1.25 bits per heavy atom. The van der Waals surface area contributed by atoms with Gasteiger partial charge in [0, 0.05) is 25.3 Å². The van der Waals surface area contributed by atoms with Crippen molar-refractivity contribution in [1.29, 1.82) is 0 Å². The normalized spacial score (nSPS) is 10.3. The maximum atomic E-state index is 11.7. The Morgan fingerprint density at radius 3 is 2.85 bits per heavy atom. The predicted octanol–water partition coefficient (Wildman–Crippen LogP) is 2.17. The molecule has 0 radical (unpaired) electrons. The number of hydrogen-bond acceptors (Lipinski definition) is 4. The average Bonchev–Trinajstić information content (AvgIpc) is 2.44. The summed E-state index contributed by atoms with van der Waals surface area (Å²) in [5, 5.41) is 2.87. The van der Waals surface area contributed by atoms with Crippen molar-refractivity contribution in [2.75, 3.05) is 32.2 Å². The van der Waals surface area contributed by atoms with Gasteiger partial charge in [0.1, 0.15) is 12.4 Å². The van der Waals surface area contributed by atoms with Crippen LogP contribution in [0.1, 0.15) is 25.7 Å². The molecule has 0 aromatic heterocycles. The zero-order chi connectivity index (χ0) is 14.6. The number of carbonyl (C=O) groups is 1. The summed E-state index contributed by atoms with van der Waals surface area (Å²) in [5.74, 6) is 0.749. The summed E-state index contributed by atoms with van der Waals surface area (Å²) >= 11 is 0. The molecule has 0 saturated carbocycles. The number of carbonyl (C=O) groups excluding carboxylic acids is 1. The SMILES string of the molecule is COCCOc1cccc(NC(=O)CCCCCN)c1. The molecule has 1 amide bonds. The van der Waals surface area contributed by atoms with Gasteiger partial charge in [-0.15, -0.1) is 0 Å². The summed E-state index contributed by atoms with van der Waals surface area (Å²) in [6.45, 7) is 1.72. The second-order valence-electron chi connectivity index (χ2n) is 4.52. The quantitative estimate of drug-likeness (QED) is 0.644. The Morgan fingerprint density at radius 2 is 2.10 bits per heavy atom. The fraction of sp³-hybridized carbons (Fsp3) is 0.533. The van der Waals surface area contributed by atoms with Crippen molar-refractivity contribution in [3.05, 3.63) is 24.3 Å². The maximum Gasteiger partial charge on any atom is 0.224 e. The Labute approximate surface area is 120 Å². The third-order valence-corrected chi connectivity index (χ3v) is 2.78. The van der Waals surface area contributed by atoms with Gasteiger partial charge in [-0.3, -0.25) is 4.79 Å². The topological polar surface area (TPSA) is 73.6 Å². The molecule has 3 N–H and O–H groups in total. The molecule has 1 aromatic carbocycles. The second-order valence-corrected chi connectivity index (χ2v) is 4.52. The minimum Gasteiger partial charge on any atom is -0.491 e. The Bertz CT molecular complexity index is 396. The van der Waals surface area contributed by atoms with Gasteiger partial charge < -0.3 is 20.5 Å². The summed E-state index contributed by atoms with van der Waals surface area (Å²) in [6, 6.07) is 7.37. The van der Waals surface area contributed by atoms with E-state index in [1.807, 2.05) is 24.3 Å². The van der Waals surface area contributed by atoms with Crippen molar-refractivity contribution in [1.82, 2.24) is 0 Å². The van der Waals surface area contributed by atoms with Crippen molar-refractivity contribution in [2.45, 2.75) is 25.7 Å². The molecular weight excluding hydrogens is 256 g/mol. The lowest BCUT2D eigenvalue weighted by molar-refractivity contribution is -0.116. The smallest absolute Gasteiger partial charge is 0.224 e. The van der Waals surface area contributed by atoms with Crippen molar-refractivity contribution in [3.63, 3.8) is 0 Å². The lowest BCUT2D eigenvalue weighted by atomic mass is 10.2. The van der Waals surface area contributed by atoms with Crippen LogP contribution in [-0.2, 0) is 9.53 Å². The number of benzene rings is 1. The molecule has 0 aliphatic heterocycles. The zero-order valence-corrected chi connectivity index (χ0v) is 12.1. The van der Waals surface area contributed by atoms with E-state index in [2.05, 4.69) is 5.32 Å². The number of amides is 1. The monoisotopic (exact) mass is 280 g/mol. The summed E-state index contributed by atoms with van der Waals surface area (Å²) in [6.07, 6.45) is 3.35. The fourth-order valence-electron chi connectivity index (χ4n) is 1.74. The van der Waals surface area contributed by atoms with Crippen LogP contribution in [0.3, 0.4) is 0 Å². The number of ether oxygens (including phenoxy) is 2. The van der Waals surface area contributed by atoms with Gasteiger partial charge in [0.25, 0.3) is 0 Å². The van der Waals surface area contributed by atoms with Crippen LogP contribution in [0.15, 0.2) is 24.3 Å².